The maximum Gasteiger partial charge on any atom is 0.416 e. The van der Waals surface area contributed by atoms with Crippen LogP contribution < -0.4 is 11.1 Å². The third-order valence-corrected chi connectivity index (χ3v) is 3.54. The highest BCUT2D eigenvalue weighted by atomic mass is 19.4. The van der Waals surface area contributed by atoms with E-state index in [-0.39, 0.29) is 17.6 Å². The molecule has 0 heterocycles. The summed E-state index contributed by atoms with van der Waals surface area (Å²) in [6.45, 7) is 0. The number of rotatable bonds is 2. The van der Waals surface area contributed by atoms with Crippen molar-refractivity contribution in [3.63, 3.8) is 0 Å². The van der Waals surface area contributed by atoms with Gasteiger partial charge in [-0.05, 0) is 43.9 Å². The summed E-state index contributed by atoms with van der Waals surface area (Å²) in [6.07, 6.45) is -0.791. The molecule has 1 aliphatic rings. The van der Waals surface area contributed by atoms with Gasteiger partial charge in [0.1, 0.15) is 6.07 Å². The third kappa shape index (κ3) is 3.42. The molecule has 0 amide bonds. The zero-order valence-electron chi connectivity index (χ0n) is 10.9. The molecule has 0 radical (unpaired) electrons. The Hall–Kier alpha value is -1.74. The Labute approximate surface area is 115 Å². The van der Waals surface area contributed by atoms with Gasteiger partial charge in [-0.15, -0.1) is 0 Å². The number of halogens is 3. The molecule has 2 rings (SSSR count). The van der Waals surface area contributed by atoms with Crippen molar-refractivity contribution >= 4 is 5.69 Å². The first-order chi connectivity index (χ1) is 9.40. The summed E-state index contributed by atoms with van der Waals surface area (Å²) in [4.78, 5) is 0. The molecule has 0 aromatic heterocycles. The van der Waals surface area contributed by atoms with Crippen LogP contribution in [0.2, 0.25) is 0 Å². The summed E-state index contributed by atoms with van der Waals surface area (Å²) in [7, 11) is 0. The zero-order chi connectivity index (χ0) is 14.8. The van der Waals surface area contributed by atoms with Crippen molar-refractivity contribution in [3.8, 4) is 6.07 Å². The summed E-state index contributed by atoms with van der Waals surface area (Å²) in [5.74, 6) is 0. The van der Waals surface area contributed by atoms with Crippen molar-refractivity contribution in [2.45, 2.75) is 43.9 Å². The molecule has 0 spiro atoms. The second-order valence-electron chi connectivity index (χ2n) is 5.14. The van der Waals surface area contributed by atoms with Crippen molar-refractivity contribution in [2.24, 2.45) is 5.73 Å². The van der Waals surface area contributed by atoms with Crippen LogP contribution in [0.5, 0.6) is 0 Å². The van der Waals surface area contributed by atoms with Gasteiger partial charge in [0.25, 0.3) is 0 Å². The van der Waals surface area contributed by atoms with Crippen LogP contribution in [0.1, 0.15) is 36.8 Å². The van der Waals surface area contributed by atoms with Gasteiger partial charge in [-0.1, -0.05) is 0 Å². The number of nitrogens with zero attached hydrogens (tertiary/aromatic N) is 1. The third-order valence-electron chi connectivity index (χ3n) is 3.54. The van der Waals surface area contributed by atoms with E-state index in [0.717, 1.165) is 37.8 Å². The van der Waals surface area contributed by atoms with Crippen LogP contribution in [0, 0.1) is 11.3 Å². The summed E-state index contributed by atoms with van der Waals surface area (Å²) in [5, 5.41) is 12.1. The van der Waals surface area contributed by atoms with E-state index in [9.17, 15) is 13.2 Å². The summed E-state index contributed by atoms with van der Waals surface area (Å²) in [5.41, 5.74) is 5.53. The number of hydrogen-bond acceptors (Lipinski definition) is 3. The lowest BCUT2D eigenvalue weighted by atomic mass is 9.91. The van der Waals surface area contributed by atoms with E-state index in [1.165, 1.54) is 6.07 Å². The molecular formula is C14H16F3N3. The first kappa shape index (κ1) is 14.7. The molecule has 2 atom stereocenters. The van der Waals surface area contributed by atoms with Gasteiger partial charge in [0.2, 0.25) is 0 Å². The van der Waals surface area contributed by atoms with Crippen LogP contribution in [-0.2, 0) is 6.18 Å². The molecule has 0 aliphatic heterocycles. The lowest BCUT2D eigenvalue weighted by Gasteiger charge is -2.28. The molecule has 2 unspecified atom stereocenters. The molecule has 108 valence electrons. The van der Waals surface area contributed by atoms with Crippen molar-refractivity contribution < 1.29 is 13.2 Å². The van der Waals surface area contributed by atoms with Gasteiger partial charge in [-0.25, -0.2) is 0 Å². The number of benzene rings is 1. The summed E-state index contributed by atoms with van der Waals surface area (Å²) in [6, 6.07) is 5.23. The molecule has 1 aromatic carbocycles. The topological polar surface area (TPSA) is 61.8 Å². The van der Waals surface area contributed by atoms with Crippen molar-refractivity contribution in [2.75, 3.05) is 5.32 Å². The van der Waals surface area contributed by atoms with Gasteiger partial charge in [-0.2, -0.15) is 18.4 Å². The quantitative estimate of drug-likeness (QED) is 0.875. The minimum absolute atomic E-state index is 0.0129. The van der Waals surface area contributed by atoms with Crippen LogP contribution >= 0.6 is 0 Å². The van der Waals surface area contributed by atoms with Crippen molar-refractivity contribution in [1.29, 1.82) is 5.26 Å². The predicted octanol–water partition coefficient (Wildman–Crippen LogP) is 3.26. The Kier molecular flexibility index (Phi) is 4.19. The van der Waals surface area contributed by atoms with Crippen LogP contribution in [-0.4, -0.2) is 12.1 Å². The minimum Gasteiger partial charge on any atom is -0.381 e. The average Bonchev–Trinajstić information content (AvgIpc) is 2.38. The fourth-order valence-electron chi connectivity index (χ4n) is 2.52. The highest BCUT2D eigenvalue weighted by Gasteiger charge is 2.31. The molecule has 1 fully saturated rings. The van der Waals surface area contributed by atoms with Crippen molar-refractivity contribution in [3.05, 3.63) is 29.3 Å². The number of alkyl halides is 3. The predicted molar refractivity (Wildman–Crippen MR) is 70.0 cm³/mol. The maximum absolute atomic E-state index is 12.6. The van der Waals surface area contributed by atoms with Crippen LogP contribution in [0.25, 0.3) is 0 Å². The number of nitriles is 1. The molecule has 6 heteroatoms. The van der Waals surface area contributed by atoms with Crippen LogP contribution in [0.4, 0.5) is 18.9 Å². The van der Waals surface area contributed by atoms with E-state index in [1.807, 2.05) is 6.07 Å². The maximum atomic E-state index is 12.6. The Morgan fingerprint density at radius 1 is 1.30 bits per heavy atom. The number of hydrogen-bond donors (Lipinski definition) is 2. The van der Waals surface area contributed by atoms with E-state index >= 15 is 0 Å². The molecule has 20 heavy (non-hydrogen) atoms. The van der Waals surface area contributed by atoms with Gasteiger partial charge in [-0.3, -0.25) is 0 Å². The molecule has 3 nitrogen and oxygen atoms in total. The second kappa shape index (κ2) is 5.71. The summed E-state index contributed by atoms with van der Waals surface area (Å²) >= 11 is 0. The van der Waals surface area contributed by atoms with Gasteiger partial charge in [0.15, 0.2) is 0 Å². The molecule has 0 saturated heterocycles. The molecule has 3 N–H and O–H groups in total. The molecular weight excluding hydrogens is 267 g/mol. The minimum atomic E-state index is -4.43. The smallest absolute Gasteiger partial charge is 0.381 e. The fourth-order valence-corrected chi connectivity index (χ4v) is 2.52. The van der Waals surface area contributed by atoms with Gasteiger partial charge in [0.05, 0.1) is 16.8 Å². The number of nitrogens with two attached hydrogens (primary N) is 1. The van der Waals surface area contributed by atoms with Crippen LogP contribution in [0.15, 0.2) is 18.2 Å². The molecule has 1 saturated carbocycles. The van der Waals surface area contributed by atoms with Gasteiger partial charge >= 0.3 is 6.18 Å². The fraction of sp³-hybridized carbons (Fsp3) is 0.500. The van der Waals surface area contributed by atoms with E-state index in [4.69, 9.17) is 11.0 Å². The standard InChI is InChI=1S/C14H16F3N3/c15-14(16,17)10-4-5-13(9(6-10)8-18)20-12-3-1-2-11(19)7-12/h4-6,11-12,20H,1-3,7,19H2. The Morgan fingerprint density at radius 2 is 2.05 bits per heavy atom. The molecule has 1 aromatic rings. The highest BCUT2D eigenvalue weighted by Crippen LogP contribution is 2.32. The monoisotopic (exact) mass is 283 g/mol. The number of nitrogens with one attached hydrogen (secondary N) is 1. The van der Waals surface area contributed by atoms with Gasteiger partial charge in [0, 0.05) is 12.1 Å². The lowest BCUT2D eigenvalue weighted by molar-refractivity contribution is -0.137. The van der Waals surface area contributed by atoms with E-state index < -0.39 is 11.7 Å². The highest BCUT2D eigenvalue weighted by molar-refractivity contribution is 5.59. The molecule has 1 aliphatic carbocycles. The zero-order valence-corrected chi connectivity index (χ0v) is 10.9. The molecule has 0 bridgehead atoms. The summed E-state index contributed by atoms with van der Waals surface area (Å²) < 4.78 is 37.8. The number of anilines is 1. The normalized spacial score (nSPS) is 23.1. The van der Waals surface area contributed by atoms with E-state index in [1.54, 1.807) is 0 Å². The Bertz CT molecular complexity index is 519. The Morgan fingerprint density at radius 3 is 2.65 bits per heavy atom. The lowest BCUT2D eigenvalue weighted by Crippen LogP contribution is -2.35. The SMILES string of the molecule is N#Cc1cc(C(F)(F)F)ccc1NC1CCCC(N)C1. The largest absolute Gasteiger partial charge is 0.416 e. The second-order valence-corrected chi connectivity index (χ2v) is 5.14. The average molecular weight is 283 g/mol. The van der Waals surface area contributed by atoms with E-state index in [0.29, 0.717) is 5.69 Å². The first-order valence-electron chi connectivity index (χ1n) is 6.53. The van der Waals surface area contributed by atoms with Crippen LogP contribution in [0.3, 0.4) is 0 Å². The van der Waals surface area contributed by atoms with Crippen molar-refractivity contribution in [1.82, 2.24) is 0 Å². The van der Waals surface area contributed by atoms with E-state index in [2.05, 4.69) is 5.32 Å². The first-order valence-corrected chi connectivity index (χ1v) is 6.53. The van der Waals surface area contributed by atoms with Gasteiger partial charge < -0.3 is 11.1 Å². The Balaban J connectivity index is 2.18.